The number of amides is 2. The van der Waals surface area contributed by atoms with Gasteiger partial charge in [0.2, 0.25) is 5.91 Å². The maximum absolute atomic E-state index is 12.7. The molecule has 2 aromatic carbocycles. The highest BCUT2D eigenvalue weighted by molar-refractivity contribution is 5.93. The third-order valence-corrected chi connectivity index (χ3v) is 4.57. The zero-order valence-electron chi connectivity index (χ0n) is 18.8. The molecular weight excluding hydrogens is 412 g/mol. The van der Waals surface area contributed by atoms with Crippen molar-refractivity contribution in [2.24, 2.45) is 5.73 Å². The number of methoxy groups -OCH3 is 1. The van der Waals surface area contributed by atoms with Crippen molar-refractivity contribution >= 4 is 18.0 Å². The standard InChI is InChI=1S/C24H30N2O6/c1-23(2,3)32-22(29)26-24(21(25)28,14-17-10-12-19(30-4)13-11-17)15-20(27)31-16-18-8-6-5-7-9-18/h5-13H,14-16H2,1-4H3,(H2,25,28)(H,26,29). The molecule has 0 spiro atoms. The van der Waals surface area contributed by atoms with Crippen molar-refractivity contribution in [3.63, 3.8) is 0 Å². The molecule has 0 aliphatic carbocycles. The van der Waals surface area contributed by atoms with Gasteiger partial charge in [-0.05, 0) is 44.0 Å². The molecule has 172 valence electrons. The second-order valence-corrected chi connectivity index (χ2v) is 8.42. The summed E-state index contributed by atoms with van der Waals surface area (Å²) in [5.41, 5.74) is 4.61. The molecule has 2 rings (SSSR count). The number of alkyl carbamates (subject to hydrolysis) is 1. The van der Waals surface area contributed by atoms with Crippen molar-refractivity contribution in [2.75, 3.05) is 7.11 Å². The Kier molecular flexibility index (Phi) is 8.23. The third kappa shape index (κ3) is 7.61. The molecule has 8 nitrogen and oxygen atoms in total. The van der Waals surface area contributed by atoms with Crippen LogP contribution in [0.1, 0.15) is 38.3 Å². The first-order chi connectivity index (χ1) is 15.0. The number of esters is 1. The van der Waals surface area contributed by atoms with E-state index in [1.165, 1.54) is 7.11 Å². The van der Waals surface area contributed by atoms with Crippen LogP contribution in [0.25, 0.3) is 0 Å². The van der Waals surface area contributed by atoms with Crippen molar-refractivity contribution < 1.29 is 28.6 Å². The number of benzene rings is 2. The molecule has 0 fully saturated rings. The van der Waals surface area contributed by atoms with Crippen LogP contribution >= 0.6 is 0 Å². The SMILES string of the molecule is COc1ccc(CC(CC(=O)OCc2ccccc2)(NC(=O)OC(C)(C)C)C(N)=O)cc1. The fraction of sp³-hybridized carbons (Fsp3) is 0.375. The minimum absolute atomic E-state index is 0.0312. The van der Waals surface area contributed by atoms with E-state index in [-0.39, 0.29) is 13.0 Å². The number of ether oxygens (including phenoxy) is 3. The van der Waals surface area contributed by atoms with Gasteiger partial charge in [-0.2, -0.15) is 0 Å². The monoisotopic (exact) mass is 442 g/mol. The van der Waals surface area contributed by atoms with E-state index >= 15 is 0 Å². The minimum Gasteiger partial charge on any atom is -0.497 e. The van der Waals surface area contributed by atoms with Gasteiger partial charge in [-0.25, -0.2) is 4.79 Å². The fourth-order valence-corrected chi connectivity index (χ4v) is 3.01. The molecule has 0 saturated carbocycles. The number of nitrogens with one attached hydrogen (secondary N) is 1. The van der Waals surface area contributed by atoms with Crippen molar-refractivity contribution in [1.29, 1.82) is 0 Å². The number of hydrogen-bond acceptors (Lipinski definition) is 6. The lowest BCUT2D eigenvalue weighted by atomic mass is 9.86. The number of carbonyl (C=O) groups excluding carboxylic acids is 3. The van der Waals surface area contributed by atoms with E-state index in [2.05, 4.69) is 5.32 Å². The minimum atomic E-state index is -1.75. The average Bonchev–Trinajstić information content (AvgIpc) is 2.72. The van der Waals surface area contributed by atoms with Gasteiger partial charge in [0.25, 0.3) is 0 Å². The van der Waals surface area contributed by atoms with Crippen LogP contribution in [0.15, 0.2) is 54.6 Å². The summed E-state index contributed by atoms with van der Waals surface area (Å²) < 4.78 is 15.8. The van der Waals surface area contributed by atoms with Crippen LogP contribution in [0.3, 0.4) is 0 Å². The molecule has 1 atom stereocenters. The molecule has 1 unspecified atom stereocenters. The third-order valence-electron chi connectivity index (χ3n) is 4.57. The second-order valence-electron chi connectivity index (χ2n) is 8.42. The van der Waals surface area contributed by atoms with Crippen LogP contribution in [-0.4, -0.2) is 36.2 Å². The van der Waals surface area contributed by atoms with Crippen LogP contribution in [0.4, 0.5) is 4.79 Å². The first-order valence-corrected chi connectivity index (χ1v) is 10.2. The van der Waals surface area contributed by atoms with Gasteiger partial charge in [-0.3, -0.25) is 9.59 Å². The van der Waals surface area contributed by atoms with Crippen molar-refractivity contribution in [3.8, 4) is 5.75 Å². The molecule has 32 heavy (non-hydrogen) atoms. The highest BCUT2D eigenvalue weighted by atomic mass is 16.6. The second kappa shape index (κ2) is 10.7. The number of rotatable bonds is 9. The summed E-state index contributed by atoms with van der Waals surface area (Å²) in [4.78, 5) is 37.7. The number of hydrogen-bond donors (Lipinski definition) is 2. The van der Waals surface area contributed by atoms with Crippen molar-refractivity contribution in [3.05, 3.63) is 65.7 Å². The fourth-order valence-electron chi connectivity index (χ4n) is 3.01. The molecular formula is C24H30N2O6. The summed E-state index contributed by atoms with van der Waals surface area (Å²) in [6, 6.07) is 16.0. The molecule has 0 aromatic heterocycles. The Bertz CT molecular complexity index is 922. The molecule has 0 heterocycles. The Balaban J connectivity index is 2.25. The molecule has 2 amide bonds. The highest BCUT2D eigenvalue weighted by Gasteiger charge is 2.42. The quantitative estimate of drug-likeness (QED) is 0.576. The molecule has 0 bridgehead atoms. The average molecular weight is 443 g/mol. The number of nitrogens with two attached hydrogens (primary N) is 1. The molecule has 3 N–H and O–H groups in total. The van der Waals surface area contributed by atoms with Gasteiger partial charge in [0.15, 0.2) is 0 Å². The zero-order valence-corrected chi connectivity index (χ0v) is 18.8. The summed E-state index contributed by atoms with van der Waals surface area (Å²) >= 11 is 0. The van der Waals surface area contributed by atoms with Gasteiger partial charge in [0, 0.05) is 6.42 Å². The van der Waals surface area contributed by atoms with Gasteiger partial charge >= 0.3 is 12.1 Å². The number of carbonyl (C=O) groups is 3. The Morgan fingerprint density at radius 1 is 0.938 bits per heavy atom. The Morgan fingerprint density at radius 2 is 1.56 bits per heavy atom. The highest BCUT2D eigenvalue weighted by Crippen LogP contribution is 2.22. The van der Waals surface area contributed by atoms with E-state index in [4.69, 9.17) is 19.9 Å². The molecule has 8 heteroatoms. The summed E-state index contributed by atoms with van der Waals surface area (Å²) in [7, 11) is 1.54. The lowest BCUT2D eigenvalue weighted by Crippen LogP contribution is -2.60. The largest absolute Gasteiger partial charge is 0.497 e. The van der Waals surface area contributed by atoms with E-state index in [9.17, 15) is 14.4 Å². The maximum atomic E-state index is 12.7. The van der Waals surface area contributed by atoms with Crippen molar-refractivity contribution in [1.82, 2.24) is 5.32 Å². The molecule has 0 saturated heterocycles. The lowest BCUT2D eigenvalue weighted by Gasteiger charge is -2.32. The van der Waals surface area contributed by atoms with Crippen LogP contribution in [0, 0.1) is 0 Å². The van der Waals surface area contributed by atoms with E-state index < -0.39 is 35.5 Å². The summed E-state index contributed by atoms with van der Waals surface area (Å²) in [5.74, 6) is -0.936. The smallest absolute Gasteiger partial charge is 0.408 e. The predicted octanol–water partition coefficient (Wildman–Crippen LogP) is 3.12. The van der Waals surface area contributed by atoms with Gasteiger partial charge in [-0.1, -0.05) is 42.5 Å². The summed E-state index contributed by atoms with van der Waals surface area (Å²) in [5, 5.41) is 2.52. The Morgan fingerprint density at radius 3 is 2.09 bits per heavy atom. The normalized spacial score (nSPS) is 12.9. The van der Waals surface area contributed by atoms with E-state index in [0.29, 0.717) is 11.3 Å². The number of primary amides is 1. The maximum Gasteiger partial charge on any atom is 0.408 e. The van der Waals surface area contributed by atoms with Crippen LogP contribution < -0.4 is 15.8 Å². The molecule has 0 radical (unpaired) electrons. The first-order valence-electron chi connectivity index (χ1n) is 10.2. The van der Waals surface area contributed by atoms with E-state index in [1.807, 2.05) is 30.3 Å². The Labute approximate surface area is 188 Å². The van der Waals surface area contributed by atoms with Crippen LogP contribution in [0.2, 0.25) is 0 Å². The van der Waals surface area contributed by atoms with Gasteiger partial charge < -0.3 is 25.3 Å². The summed E-state index contributed by atoms with van der Waals surface area (Å²) in [6.07, 6.45) is -1.35. The van der Waals surface area contributed by atoms with Crippen molar-refractivity contribution in [2.45, 2.75) is 51.4 Å². The topological polar surface area (TPSA) is 117 Å². The predicted molar refractivity (Wildman–Crippen MR) is 119 cm³/mol. The molecule has 0 aliphatic rings. The molecule has 2 aromatic rings. The summed E-state index contributed by atoms with van der Waals surface area (Å²) in [6.45, 7) is 5.10. The van der Waals surface area contributed by atoms with Crippen LogP contribution in [0.5, 0.6) is 5.75 Å². The lowest BCUT2D eigenvalue weighted by molar-refractivity contribution is -0.149. The van der Waals surface area contributed by atoms with E-state index in [1.54, 1.807) is 45.0 Å². The van der Waals surface area contributed by atoms with Gasteiger partial charge in [0.1, 0.15) is 23.5 Å². The first kappa shape index (κ1) is 24.7. The zero-order chi connectivity index (χ0) is 23.8. The molecule has 0 aliphatic heterocycles. The van der Waals surface area contributed by atoms with Crippen LogP contribution in [-0.2, 0) is 32.1 Å². The Hall–Kier alpha value is -3.55. The van der Waals surface area contributed by atoms with Gasteiger partial charge in [-0.15, -0.1) is 0 Å². The van der Waals surface area contributed by atoms with E-state index in [0.717, 1.165) is 5.56 Å². The van der Waals surface area contributed by atoms with Gasteiger partial charge in [0.05, 0.1) is 13.5 Å².